The van der Waals surface area contributed by atoms with Crippen LogP contribution in [0.3, 0.4) is 0 Å². The molecule has 0 radical (unpaired) electrons. The van der Waals surface area contributed by atoms with E-state index in [1.807, 2.05) is 6.92 Å². The van der Waals surface area contributed by atoms with Crippen LogP contribution in [-0.4, -0.2) is 21.9 Å². The predicted molar refractivity (Wildman–Crippen MR) is 73.5 cm³/mol. The van der Waals surface area contributed by atoms with E-state index >= 15 is 0 Å². The van der Waals surface area contributed by atoms with Crippen molar-refractivity contribution in [3.8, 4) is 0 Å². The number of nitrogens with one attached hydrogen (secondary N) is 1. The minimum atomic E-state index is -0.391. The molecule has 0 atom stereocenters. The summed E-state index contributed by atoms with van der Waals surface area (Å²) in [5.41, 5.74) is 0.957. The third kappa shape index (κ3) is 3.00. The van der Waals surface area contributed by atoms with Crippen molar-refractivity contribution in [2.45, 2.75) is 16.8 Å². The van der Waals surface area contributed by atoms with Gasteiger partial charge < -0.3 is 5.32 Å². The molecule has 0 fully saturated rings. The molecule has 0 amide bonds. The van der Waals surface area contributed by atoms with Gasteiger partial charge >= 0.3 is 0 Å². The van der Waals surface area contributed by atoms with Crippen LogP contribution in [0.2, 0.25) is 0 Å². The zero-order valence-electron chi connectivity index (χ0n) is 10.5. The molecule has 0 aliphatic carbocycles. The highest BCUT2D eigenvalue weighted by atomic mass is 32.2. The maximum absolute atomic E-state index is 11.0. The van der Waals surface area contributed by atoms with Crippen molar-refractivity contribution in [3.63, 3.8) is 0 Å². The van der Waals surface area contributed by atoms with Gasteiger partial charge in [0.25, 0.3) is 5.69 Å². The molecule has 2 rings (SSSR count). The zero-order valence-corrected chi connectivity index (χ0v) is 11.3. The highest BCUT2D eigenvalue weighted by Crippen LogP contribution is 2.35. The standard InChI is InChI=1S/C12H12N4O2S/c1-8-7-14-12(13-2)15-11(8)19-10-6-4-3-5-9(10)16(17)18/h3-7H,1-2H3,(H,13,14,15). The molecule has 19 heavy (non-hydrogen) atoms. The van der Waals surface area contributed by atoms with Crippen molar-refractivity contribution in [2.24, 2.45) is 0 Å². The molecule has 98 valence electrons. The average molecular weight is 276 g/mol. The maximum atomic E-state index is 11.0. The summed E-state index contributed by atoms with van der Waals surface area (Å²) < 4.78 is 0. The van der Waals surface area contributed by atoms with Crippen LogP contribution >= 0.6 is 11.8 Å². The molecule has 6 nitrogen and oxygen atoms in total. The number of hydrogen-bond acceptors (Lipinski definition) is 6. The third-order valence-electron chi connectivity index (χ3n) is 2.42. The van der Waals surface area contributed by atoms with Crippen LogP contribution in [-0.2, 0) is 0 Å². The number of anilines is 1. The van der Waals surface area contributed by atoms with E-state index < -0.39 is 4.92 Å². The summed E-state index contributed by atoms with van der Waals surface area (Å²) in [5.74, 6) is 0.492. The van der Waals surface area contributed by atoms with Crippen molar-refractivity contribution < 1.29 is 4.92 Å². The normalized spacial score (nSPS) is 10.2. The first-order chi connectivity index (χ1) is 9.11. The summed E-state index contributed by atoms with van der Waals surface area (Å²) >= 11 is 1.27. The monoisotopic (exact) mass is 276 g/mol. The van der Waals surface area contributed by atoms with Gasteiger partial charge in [0.15, 0.2) is 0 Å². The van der Waals surface area contributed by atoms with Crippen LogP contribution in [0.1, 0.15) is 5.56 Å². The first kappa shape index (κ1) is 13.3. The van der Waals surface area contributed by atoms with Gasteiger partial charge in [0.05, 0.1) is 9.82 Å². The molecule has 1 aromatic carbocycles. The van der Waals surface area contributed by atoms with Crippen LogP contribution in [0.4, 0.5) is 11.6 Å². The fourth-order valence-corrected chi connectivity index (χ4v) is 2.40. The Labute approximate surface area is 114 Å². The van der Waals surface area contributed by atoms with Crippen molar-refractivity contribution in [1.29, 1.82) is 0 Å². The molecule has 0 saturated carbocycles. The number of nitro benzene ring substituents is 1. The second-order valence-electron chi connectivity index (χ2n) is 3.76. The molecule has 0 bridgehead atoms. The Morgan fingerprint density at radius 3 is 2.79 bits per heavy atom. The summed E-state index contributed by atoms with van der Waals surface area (Å²) in [7, 11) is 1.73. The van der Waals surface area contributed by atoms with Gasteiger partial charge in [0.2, 0.25) is 5.95 Å². The van der Waals surface area contributed by atoms with Crippen molar-refractivity contribution in [2.75, 3.05) is 12.4 Å². The summed E-state index contributed by atoms with van der Waals surface area (Å²) in [6.07, 6.45) is 1.69. The van der Waals surface area contributed by atoms with Crippen LogP contribution < -0.4 is 5.32 Å². The van der Waals surface area contributed by atoms with Gasteiger partial charge in [-0.2, -0.15) is 0 Å². The molecule has 0 saturated heterocycles. The minimum absolute atomic E-state index is 0.0801. The quantitative estimate of drug-likeness (QED) is 0.525. The molecule has 0 unspecified atom stereocenters. The molecular weight excluding hydrogens is 264 g/mol. The number of nitrogens with zero attached hydrogens (tertiary/aromatic N) is 3. The molecular formula is C12H12N4O2S. The number of aryl methyl sites for hydroxylation is 1. The molecule has 0 aliphatic rings. The van der Waals surface area contributed by atoms with Crippen LogP contribution in [0.5, 0.6) is 0 Å². The van der Waals surface area contributed by atoms with Gasteiger partial charge in [-0.3, -0.25) is 10.1 Å². The Bertz CT molecular complexity index is 618. The largest absolute Gasteiger partial charge is 0.357 e. The number of nitro groups is 1. The molecule has 1 heterocycles. The third-order valence-corrected chi connectivity index (χ3v) is 3.59. The van der Waals surface area contributed by atoms with E-state index in [1.165, 1.54) is 17.8 Å². The van der Waals surface area contributed by atoms with E-state index in [1.54, 1.807) is 31.4 Å². The van der Waals surface area contributed by atoms with Crippen LogP contribution in [0.25, 0.3) is 0 Å². The molecule has 2 aromatic rings. The van der Waals surface area contributed by atoms with Gasteiger partial charge in [-0.05, 0) is 13.0 Å². The molecule has 1 N–H and O–H groups in total. The van der Waals surface area contributed by atoms with E-state index in [9.17, 15) is 10.1 Å². The molecule has 0 aliphatic heterocycles. The van der Waals surface area contributed by atoms with E-state index in [0.29, 0.717) is 15.9 Å². The smallest absolute Gasteiger partial charge is 0.283 e. The SMILES string of the molecule is CNc1ncc(C)c(Sc2ccccc2[N+](=O)[O-])n1. The predicted octanol–water partition coefficient (Wildman–Crippen LogP) is 2.89. The number of rotatable bonds is 4. The fourth-order valence-electron chi connectivity index (χ4n) is 1.45. The summed E-state index contributed by atoms with van der Waals surface area (Å²) in [5, 5.41) is 14.5. The molecule has 1 aromatic heterocycles. The number of aromatic nitrogens is 2. The van der Waals surface area contributed by atoms with E-state index in [4.69, 9.17) is 0 Å². The number of hydrogen-bond donors (Lipinski definition) is 1. The number of para-hydroxylation sites is 1. The van der Waals surface area contributed by atoms with Crippen LogP contribution in [0, 0.1) is 17.0 Å². The van der Waals surface area contributed by atoms with E-state index in [2.05, 4.69) is 15.3 Å². The van der Waals surface area contributed by atoms with Crippen molar-refractivity contribution in [3.05, 3.63) is 46.1 Å². The Hall–Kier alpha value is -2.15. The summed E-state index contributed by atoms with van der Waals surface area (Å²) in [6.45, 7) is 1.87. The highest BCUT2D eigenvalue weighted by molar-refractivity contribution is 7.99. The van der Waals surface area contributed by atoms with Gasteiger partial charge in [-0.25, -0.2) is 9.97 Å². The average Bonchev–Trinajstić information content (AvgIpc) is 2.41. The first-order valence-electron chi connectivity index (χ1n) is 5.54. The van der Waals surface area contributed by atoms with E-state index in [-0.39, 0.29) is 5.69 Å². The van der Waals surface area contributed by atoms with Gasteiger partial charge in [-0.15, -0.1) is 0 Å². The summed E-state index contributed by atoms with van der Waals surface area (Å²) in [4.78, 5) is 19.5. The Morgan fingerprint density at radius 1 is 1.37 bits per heavy atom. The topological polar surface area (TPSA) is 81.0 Å². The molecule has 0 spiro atoms. The van der Waals surface area contributed by atoms with Crippen LogP contribution in [0.15, 0.2) is 40.4 Å². The maximum Gasteiger partial charge on any atom is 0.283 e. The van der Waals surface area contributed by atoms with E-state index in [0.717, 1.165) is 5.56 Å². The Balaban J connectivity index is 2.38. The lowest BCUT2D eigenvalue weighted by molar-refractivity contribution is -0.387. The lowest BCUT2D eigenvalue weighted by atomic mass is 10.3. The first-order valence-corrected chi connectivity index (χ1v) is 6.36. The lowest BCUT2D eigenvalue weighted by Crippen LogP contribution is -1.98. The molecule has 7 heteroatoms. The second kappa shape index (κ2) is 5.66. The minimum Gasteiger partial charge on any atom is -0.357 e. The van der Waals surface area contributed by atoms with Crippen molar-refractivity contribution >= 4 is 23.4 Å². The Morgan fingerprint density at radius 2 is 2.11 bits per heavy atom. The van der Waals surface area contributed by atoms with Crippen molar-refractivity contribution in [1.82, 2.24) is 9.97 Å². The highest BCUT2D eigenvalue weighted by Gasteiger charge is 2.15. The Kier molecular flexibility index (Phi) is 3.96. The number of benzene rings is 1. The van der Waals surface area contributed by atoms with Gasteiger partial charge in [0.1, 0.15) is 5.03 Å². The lowest BCUT2D eigenvalue weighted by Gasteiger charge is -2.06. The summed E-state index contributed by atoms with van der Waals surface area (Å²) in [6, 6.07) is 6.61. The fraction of sp³-hybridized carbons (Fsp3) is 0.167. The van der Waals surface area contributed by atoms with Gasteiger partial charge in [-0.1, -0.05) is 23.9 Å². The second-order valence-corrected chi connectivity index (χ2v) is 4.79. The van der Waals surface area contributed by atoms with Gasteiger partial charge in [0, 0.05) is 24.9 Å². The zero-order chi connectivity index (χ0) is 13.8.